The standard InChI is InChI=1S/C23H20Cl2N2O/c1-2-14-3-12-19(20(28)13-14)23-26-21(15-4-8-17(24)9-5-15)22(27-23)16-6-10-18(25)11-7-16/h3-13,21-22,28H,2H2,1H3,(H,26,27)/t21-,22+. The van der Waals surface area contributed by atoms with Crippen molar-refractivity contribution >= 4 is 29.0 Å². The van der Waals surface area contributed by atoms with Crippen molar-refractivity contribution in [2.45, 2.75) is 25.4 Å². The quantitative estimate of drug-likeness (QED) is 0.545. The molecule has 1 aliphatic rings. The molecule has 4 rings (SSSR count). The van der Waals surface area contributed by atoms with Gasteiger partial charge in [0.25, 0.3) is 0 Å². The van der Waals surface area contributed by atoms with Gasteiger partial charge in [0.1, 0.15) is 17.6 Å². The number of aliphatic imine (C=N–C) groups is 1. The first-order chi connectivity index (χ1) is 13.5. The highest BCUT2D eigenvalue weighted by Gasteiger charge is 2.32. The SMILES string of the molecule is CCc1ccc(C2=N[C@H](c3ccc(Cl)cc3)[C@H](c3ccc(Cl)cc3)N2)c(O)c1. The lowest BCUT2D eigenvalue weighted by atomic mass is 9.95. The fraction of sp³-hybridized carbons (Fsp3) is 0.174. The molecule has 2 N–H and O–H groups in total. The normalized spacial score (nSPS) is 18.6. The van der Waals surface area contributed by atoms with Crippen LogP contribution in [0.2, 0.25) is 10.0 Å². The molecule has 142 valence electrons. The maximum atomic E-state index is 10.5. The van der Waals surface area contributed by atoms with Gasteiger partial charge in [-0.25, -0.2) is 0 Å². The summed E-state index contributed by atoms with van der Waals surface area (Å²) in [5, 5.41) is 15.4. The zero-order valence-electron chi connectivity index (χ0n) is 15.4. The highest BCUT2D eigenvalue weighted by atomic mass is 35.5. The van der Waals surface area contributed by atoms with Gasteiger partial charge >= 0.3 is 0 Å². The second-order valence-corrected chi connectivity index (χ2v) is 7.73. The molecule has 0 fully saturated rings. The average molecular weight is 411 g/mol. The monoisotopic (exact) mass is 410 g/mol. The molecule has 5 heteroatoms. The number of phenols is 1. The van der Waals surface area contributed by atoms with Crippen molar-refractivity contribution in [1.29, 1.82) is 0 Å². The predicted molar refractivity (Wildman–Crippen MR) is 116 cm³/mol. The van der Waals surface area contributed by atoms with Crippen molar-refractivity contribution in [3.8, 4) is 5.75 Å². The van der Waals surface area contributed by atoms with Crippen LogP contribution >= 0.6 is 23.2 Å². The Morgan fingerprint density at radius 2 is 1.50 bits per heavy atom. The van der Waals surface area contributed by atoms with E-state index in [1.165, 1.54) is 0 Å². The Bertz CT molecular complexity index is 1010. The summed E-state index contributed by atoms with van der Waals surface area (Å²) in [4.78, 5) is 4.92. The third-order valence-corrected chi connectivity index (χ3v) is 5.55. The van der Waals surface area contributed by atoms with Crippen LogP contribution in [0.4, 0.5) is 0 Å². The number of rotatable bonds is 4. The largest absolute Gasteiger partial charge is 0.507 e. The third kappa shape index (κ3) is 3.73. The summed E-state index contributed by atoms with van der Waals surface area (Å²) < 4.78 is 0. The van der Waals surface area contributed by atoms with Crippen LogP contribution in [0.3, 0.4) is 0 Å². The number of phenolic OH excluding ortho intramolecular Hbond substituents is 1. The second-order valence-electron chi connectivity index (χ2n) is 6.85. The van der Waals surface area contributed by atoms with Crippen LogP contribution in [0, 0.1) is 0 Å². The van der Waals surface area contributed by atoms with Crippen LogP contribution in [0.5, 0.6) is 5.75 Å². The van der Waals surface area contributed by atoms with Crippen LogP contribution < -0.4 is 5.32 Å². The number of aryl methyl sites for hydroxylation is 1. The molecular formula is C23H20Cl2N2O. The molecular weight excluding hydrogens is 391 g/mol. The Balaban J connectivity index is 1.75. The van der Waals surface area contributed by atoms with Gasteiger partial charge < -0.3 is 10.4 Å². The van der Waals surface area contributed by atoms with Gasteiger partial charge in [0.15, 0.2) is 0 Å². The van der Waals surface area contributed by atoms with Gasteiger partial charge in [0, 0.05) is 10.0 Å². The van der Waals surface area contributed by atoms with Gasteiger partial charge in [-0.2, -0.15) is 0 Å². The number of hydrogen-bond donors (Lipinski definition) is 2. The number of benzene rings is 3. The first kappa shape index (κ1) is 18.9. The van der Waals surface area contributed by atoms with Gasteiger partial charge in [-0.05, 0) is 59.5 Å². The minimum atomic E-state index is -0.140. The molecule has 0 amide bonds. The first-order valence-corrected chi connectivity index (χ1v) is 9.98. The molecule has 0 saturated heterocycles. The Labute approximate surface area is 174 Å². The van der Waals surface area contributed by atoms with Crippen molar-refractivity contribution in [3.63, 3.8) is 0 Å². The van der Waals surface area contributed by atoms with E-state index in [4.69, 9.17) is 28.2 Å². The summed E-state index contributed by atoms with van der Waals surface area (Å²) in [6, 6.07) is 21.0. The lowest BCUT2D eigenvalue weighted by Gasteiger charge is -2.20. The van der Waals surface area contributed by atoms with Gasteiger partial charge in [0.05, 0.1) is 11.6 Å². The lowest BCUT2D eigenvalue weighted by molar-refractivity contribution is 0.473. The molecule has 0 spiro atoms. The predicted octanol–water partition coefficient (Wildman–Crippen LogP) is 6.09. The van der Waals surface area contributed by atoms with Crippen molar-refractivity contribution in [3.05, 3.63) is 99.0 Å². The van der Waals surface area contributed by atoms with E-state index in [9.17, 15) is 5.11 Å². The number of hydrogen-bond acceptors (Lipinski definition) is 3. The fourth-order valence-electron chi connectivity index (χ4n) is 3.48. The van der Waals surface area contributed by atoms with Crippen molar-refractivity contribution < 1.29 is 5.11 Å². The first-order valence-electron chi connectivity index (χ1n) is 9.22. The number of amidine groups is 1. The van der Waals surface area contributed by atoms with E-state index in [0.29, 0.717) is 21.4 Å². The molecule has 2 atom stereocenters. The van der Waals surface area contributed by atoms with Crippen molar-refractivity contribution in [2.75, 3.05) is 0 Å². The molecule has 28 heavy (non-hydrogen) atoms. The molecule has 3 aromatic carbocycles. The Hall–Kier alpha value is -2.49. The average Bonchev–Trinajstić information content (AvgIpc) is 3.14. The topological polar surface area (TPSA) is 44.6 Å². The summed E-state index contributed by atoms with van der Waals surface area (Å²) in [5.74, 6) is 0.914. The number of aromatic hydroxyl groups is 1. The molecule has 0 radical (unpaired) electrons. The van der Waals surface area contributed by atoms with Gasteiger partial charge in [-0.3, -0.25) is 4.99 Å². The van der Waals surface area contributed by atoms with E-state index in [0.717, 1.165) is 23.1 Å². The number of nitrogens with zero attached hydrogens (tertiary/aromatic N) is 1. The van der Waals surface area contributed by atoms with Crippen LogP contribution in [0.25, 0.3) is 0 Å². The molecule has 1 aliphatic heterocycles. The molecule has 3 nitrogen and oxygen atoms in total. The van der Waals surface area contributed by atoms with Crippen LogP contribution in [-0.4, -0.2) is 10.9 Å². The van der Waals surface area contributed by atoms with E-state index in [1.807, 2.05) is 60.7 Å². The Morgan fingerprint density at radius 3 is 2.07 bits per heavy atom. The zero-order valence-corrected chi connectivity index (χ0v) is 16.9. The van der Waals surface area contributed by atoms with E-state index in [2.05, 4.69) is 12.2 Å². The minimum absolute atomic E-state index is 0.0707. The number of halogens is 2. The third-order valence-electron chi connectivity index (χ3n) is 5.04. The van der Waals surface area contributed by atoms with Crippen LogP contribution in [-0.2, 0) is 6.42 Å². The smallest absolute Gasteiger partial charge is 0.133 e. The van der Waals surface area contributed by atoms with Gasteiger partial charge in [-0.1, -0.05) is 60.5 Å². The summed E-state index contributed by atoms with van der Waals surface area (Å²) in [6.45, 7) is 2.06. The summed E-state index contributed by atoms with van der Waals surface area (Å²) in [6.07, 6.45) is 0.870. The Morgan fingerprint density at radius 1 is 0.893 bits per heavy atom. The summed E-state index contributed by atoms with van der Waals surface area (Å²) in [7, 11) is 0. The zero-order chi connectivity index (χ0) is 19.7. The van der Waals surface area contributed by atoms with E-state index >= 15 is 0 Å². The van der Waals surface area contributed by atoms with Crippen LogP contribution in [0.1, 0.15) is 41.3 Å². The number of nitrogens with one attached hydrogen (secondary N) is 1. The molecule has 0 saturated carbocycles. The lowest BCUT2D eigenvalue weighted by Crippen LogP contribution is -2.25. The molecule has 0 aromatic heterocycles. The molecule has 0 bridgehead atoms. The van der Waals surface area contributed by atoms with Gasteiger partial charge in [-0.15, -0.1) is 0 Å². The molecule has 0 aliphatic carbocycles. The summed E-state index contributed by atoms with van der Waals surface area (Å²) >= 11 is 12.1. The highest BCUT2D eigenvalue weighted by Crippen LogP contribution is 2.38. The fourth-order valence-corrected chi connectivity index (χ4v) is 3.74. The second kappa shape index (κ2) is 7.86. The van der Waals surface area contributed by atoms with E-state index < -0.39 is 0 Å². The molecule has 1 heterocycles. The minimum Gasteiger partial charge on any atom is -0.507 e. The van der Waals surface area contributed by atoms with Gasteiger partial charge in [0.2, 0.25) is 0 Å². The Kier molecular flexibility index (Phi) is 5.29. The molecule has 0 unspecified atom stereocenters. The van der Waals surface area contributed by atoms with E-state index in [1.54, 1.807) is 6.07 Å². The molecule has 3 aromatic rings. The summed E-state index contributed by atoms with van der Waals surface area (Å²) in [5.41, 5.74) is 3.92. The van der Waals surface area contributed by atoms with Crippen molar-refractivity contribution in [2.24, 2.45) is 4.99 Å². The maximum absolute atomic E-state index is 10.5. The van der Waals surface area contributed by atoms with Crippen LogP contribution in [0.15, 0.2) is 71.7 Å². The van der Waals surface area contributed by atoms with E-state index in [-0.39, 0.29) is 17.8 Å². The highest BCUT2D eigenvalue weighted by molar-refractivity contribution is 6.30. The van der Waals surface area contributed by atoms with Crippen molar-refractivity contribution in [1.82, 2.24) is 5.32 Å². The maximum Gasteiger partial charge on any atom is 0.133 e.